The zero-order valence-corrected chi connectivity index (χ0v) is 23.0. The third-order valence-electron chi connectivity index (χ3n) is 6.35. The fraction of sp³-hybridized carbons (Fsp3) is 0.118. The molecule has 40 heavy (non-hydrogen) atoms. The van der Waals surface area contributed by atoms with E-state index in [2.05, 4.69) is 6.58 Å². The van der Waals surface area contributed by atoms with Crippen molar-refractivity contribution in [3.8, 4) is 11.5 Å². The number of amides is 1. The third kappa shape index (κ3) is 6.00. The standard InChI is InChI=1S/C34H29ClN2O3/c1-3-11-27-20-25(22-31(39-4-2)33(27)40-23-24-16-18-28(35)19-17-24)21-30-32(26-12-7-5-8-13-26)36-37(34(30)38)29-14-9-6-10-15-29/h3,5-10,12-22H,1,4,11,23H2,2H3/b30-21-. The summed E-state index contributed by atoms with van der Waals surface area (Å²) in [4.78, 5) is 13.7. The maximum atomic E-state index is 13.7. The Morgan fingerprint density at radius 2 is 1.62 bits per heavy atom. The van der Waals surface area contributed by atoms with Gasteiger partial charge in [-0.3, -0.25) is 4.79 Å². The lowest BCUT2D eigenvalue weighted by molar-refractivity contribution is -0.114. The van der Waals surface area contributed by atoms with Crippen LogP contribution in [0.25, 0.3) is 6.08 Å². The topological polar surface area (TPSA) is 51.1 Å². The molecule has 4 aromatic rings. The molecular formula is C34H29ClN2O3. The van der Waals surface area contributed by atoms with Crippen molar-refractivity contribution in [2.24, 2.45) is 5.10 Å². The van der Waals surface area contributed by atoms with Crippen LogP contribution in [0.5, 0.6) is 11.5 Å². The number of ether oxygens (including phenoxy) is 2. The van der Waals surface area contributed by atoms with Gasteiger partial charge in [0, 0.05) is 16.1 Å². The molecule has 0 aromatic heterocycles. The van der Waals surface area contributed by atoms with Gasteiger partial charge in [0.2, 0.25) is 0 Å². The molecule has 5 rings (SSSR count). The molecule has 0 fully saturated rings. The van der Waals surface area contributed by atoms with Crippen molar-refractivity contribution >= 4 is 35.0 Å². The van der Waals surface area contributed by atoms with Gasteiger partial charge in [0.1, 0.15) is 12.3 Å². The largest absolute Gasteiger partial charge is 0.490 e. The normalized spacial score (nSPS) is 13.8. The Labute approximate surface area is 239 Å². The molecule has 0 N–H and O–H groups in total. The Morgan fingerprint density at radius 1 is 0.925 bits per heavy atom. The van der Waals surface area contributed by atoms with E-state index in [0.717, 1.165) is 22.3 Å². The maximum absolute atomic E-state index is 13.7. The van der Waals surface area contributed by atoms with Crippen LogP contribution >= 0.6 is 11.6 Å². The molecule has 0 spiro atoms. The summed E-state index contributed by atoms with van der Waals surface area (Å²) < 4.78 is 12.3. The van der Waals surface area contributed by atoms with E-state index in [1.54, 1.807) is 0 Å². The Kier molecular flexibility index (Phi) is 8.43. The smallest absolute Gasteiger partial charge is 0.281 e. The minimum absolute atomic E-state index is 0.198. The van der Waals surface area contributed by atoms with Gasteiger partial charge in [0.05, 0.1) is 17.9 Å². The Hall–Kier alpha value is -4.61. The first-order valence-corrected chi connectivity index (χ1v) is 13.5. The van der Waals surface area contributed by atoms with Crippen molar-refractivity contribution in [2.75, 3.05) is 11.6 Å². The van der Waals surface area contributed by atoms with Crippen molar-refractivity contribution in [3.05, 3.63) is 143 Å². The molecule has 0 bridgehead atoms. The molecule has 1 aliphatic heterocycles. The number of carbonyl (C=O) groups is 1. The van der Waals surface area contributed by atoms with Gasteiger partial charge in [-0.25, -0.2) is 0 Å². The predicted molar refractivity (Wildman–Crippen MR) is 162 cm³/mol. The first kappa shape index (κ1) is 27.0. The number of hydrogen-bond donors (Lipinski definition) is 0. The summed E-state index contributed by atoms with van der Waals surface area (Å²) in [7, 11) is 0. The Balaban J connectivity index is 1.56. The van der Waals surface area contributed by atoms with E-state index in [1.807, 2.05) is 116 Å². The van der Waals surface area contributed by atoms with E-state index in [4.69, 9.17) is 26.2 Å². The third-order valence-corrected chi connectivity index (χ3v) is 6.60. The molecule has 5 nitrogen and oxygen atoms in total. The fourth-order valence-electron chi connectivity index (χ4n) is 4.50. The highest BCUT2D eigenvalue weighted by Gasteiger charge is 2.32. The van der Waals surface area contributed by atoms with Gasteiger partial charge in [-0.05, 0) is 66.9 Å². The Bertz CT molecular complexity index is 1560. The minimum atomic E-state index is -0.198. The first-order valence-electron chi connectivity index (χ1n) is 13.1. The summed E-state index contributed by atoms with van der Waals surface area (Å²) in [5.74, 6) is 1.06. The van der Waals surface area contributed by atoms with Gasteiger partial charge in [0.25, 0.3) is 5.91 Å². The minimum Gasteiger partial charge on any atom is -0.490 e. The second kappa shape index (κ2) is 12.5. The SMILES string of the molecule is C=CCc1cc(/C=C2\C(=O)N(c3ccccc3)N=C2c2ccccc2)cc(OCC)c1OCc1ccc(Cl)cc1. The van der Waals surface area contributed by atoms with Crippen LogP contribution in [0.2, 0.25) is 5.02 Å². The summed E-state index contributed by atoms with van der Waals surface area (Å²) in [6, 6.07) is 30.6. The van der Waals surface area contributed by atoms with E-state index in [-0.39, 0.29) is 5.91 Å². The molecule has 0 saturated heterocycles. The highest BCUT2D eigenvalue weighted by Crippen LogP contribution is 2.36. The van der Waals surface area contributed by atoms with Crippen LogP contribution < -0.4 is 14.5 Å². The second-order valence-electron chi connectivity index (χ2n) is 9.17. The summed E-state index contributed by atoms with van der Waals surface area (Å²) in [5.41, 5.74) is 5.38. The van der Waals surface area contributed by atoms with Crippen LogP contribution in [0.1, 0.15) is 29.2 Å². The molecule has 1 aliphatic rings. The monoisotopic (exact) mass is 548 g/mol. The van der Waals surface area contributed by atoms with Crippen molar-refractivity contribution in [3.63, 3.8) is 0 Å². The van der Waals surface area contributed by atoms with Crippen molar-refractivity contribution in [1.82, 2.24) is 0 Å². The number of allylic oxidation sites excluding steroid dienone is 1. The number of halogens is 1. The number of rotatable bonds is 10. The molecule has 0 radical (unpaired) electrons. The van der Waals surface area contributed by atoms with E-state index in [9.17, 15) is 4.79 Å². The quantitative estimate of drug-likeness (QED) is 0.150. The van der Waals surface area contributed by atoms with Crippen molar-refractivity contribution in [1.29, 1.82) is 0 Å². The van der Waals surface area contributed by atoms with E-state index in [1.165, 1.54) is 5.01 Å². The fourth-order valence-corrected chi connectivity index (χ4v) is 4.63. The zero-order chi connectivity index (χ0) is 27.9. The summed E-state index contributed by atoms with van der Waals surface area (Å²) in [6.45, 7) is 6.68. The van der Waals surface area contributed by atoms with Crippen LogP contribution in [0.3, 0.4) is 0 Å². The van der Waals surface area contributed by atoms with Crippen LogP contribution in [-0.2, 0) is 17.8 Å². The molecule has 1 heterocycles. The predicted octanol–water partition coefficient (Wildman–Crippen LogP) is 7.88. The van der Waals surface area contributed by atoms with Gasteiger partial charge >= 0.3 is 0 Å². The molecule has 0 aliphatic carbocycles. The molecule has 4 aromatic carbocycles. The molecule has 200 valence electrons. The molecule has 6 heteroatoms. The lowest BCUT2D eigenvalue weighted by Crippen LogP contribution is -2.21. The number of benzene rings is 4. The van der Waals surface area contributed by atoms with E-state index < -0.39 is 0 Å². The van der Waals surface area contributed by atoms with Crippen LogP contribution in [0.15, 0.2) is 120 Å². The van der Waals surface area contributed by atoms with Crippen molar-refractivity contribution in [2.45, 2.75) is 20.0 Å². The first-order chi connectivity index (χ1) is 19.6. The molecule has 0 atom stereocenters. The molecular weight excluding hydrogens is 520 g/mol. The maximum Gasteiger partial charge on any atom is 0.281 e. The van der Waals surface area contributed by atoms with E-state index >= 15 is 0 Å². The number of hydrazone groups is 1. The van der Waals surface area contributed by atoms with Gasteiger partial charge in [0.15, 0.2) is 11.5 Å². The zero-order valence-electron chi connectivity index (χ0n) is 22.2. The molecule has 0 unspecified atom stereocenters. The van der Waals surface area contributed by atoms with Crippen LogP contribution in [0, 0.1) is 0 Å². The van der Waals surface area contributed by atoms with Crippen LogP contribution in [0.4, 0.5) is 5.69 Å². The number of carbonyl (C=O) groups excluding carboxylic acids is 1. The molecule has 0 saturated carbocycles. The van der Waals surface area contributed by atoms with Gasteiger partial charge < -0.3 is 9.47 Å². The summed E-state index contributed by atoms with van der Waals surface area (Å²) in [6.07, 6.45) is 4.26. The number of nitrogens with zero attached hydrogens (tertiary/aromatic N) is 2. The highest BCUT2D eigenvalue weighted by atomic mass is 35.5. The number of anilines is 1. The number of hydrogen-bond acceptors (Lipinski definition) is 4. The summed E-state index contributed by atoms with van der Waals surface area (Å²) >= 11 is 6.04. The second-order valence-corrected chi connectivity index (χ2v) is 9.61. The summed E-state index contributed by atoms with van der Waals surface area (Å²) in [5, 5.41) is 6.87. The van der Waals surface area contributed by atoms with E-state index in [0.29, 0.717) is 53.1 Å². The lowest BCUT2D eigenvalue weighted by atomic mass is 9.98. The van der Waals surface area contributed by atoms with Gasteiger partial charge in [-0.1, -0.05) is 78.3 Å². The average Bonchev–Trinajstić information content (AvgIpc) is 3.30. The Morgan fingerprint density at radius 3 is 2.30 bits per heavy atom. The van der Waals surface area contributed by atoms with Gasteiger partial charge in [-0.2, -0.15) is 10.1 Å². The molecule has 1 amide bonds. The van der Waals surface area contributed by atoms with Gasteiger partial charge in [-0.15, -0.1) is 6.58 Å². The highest BCUT2D eigenvalue weighted by molar-refractivity contribution is 6.37. The van der Waals surface area contributed by atoms with Crippen LogP contribution in [-0.4, -0.2) is 18.2 Å². The lowest BCUT2D eigenvalue weighted by Gasteiger charge is -2.17. The van der Waals surface area contributed by atoms with Crippen molar-refractivity contribution < 1.29 is 14.3 Å². The average molecular weight is 549 g/mol. The number of para-hydroxylation sites is 1.